The maximum atomic E-state index is 6.24. The smallest absolute Gasteiger partial charge is 0.150 e. The van der Waals surface area contributed by atoms with Gasteiger partial charge < -0.3 is 14.6 Å². The third-order valence-corrected chi connectivity index (χ3v) is 4.95. The Labute approximate surface area is 175 Å². The monoisotopic (exact) mass is 406 g/mol. The number of anilines is 1. The van der Waals surface area contributed by atoms with E-state index in [2.05, 4.69) is 38.2 Å². The fourth-order valence-electron chi connectivity index (χ4n) is 3.38. The summed E-state index contributed by atoms with van der Waals surface area (Å²) in [6.45, 7) is 4.25. The van der Waals surface area contributed by atoms with Gasteiger partial charge in [-0.3, -0.25) is 0 Å². The Balaban J connectivity index is 1.81. The summed E-state index contributed by atoms with van der Waals surface area (Å²) < 4.78 is 7.50. The zero-order valence-electron chi connectivity index (χ0n) is 16.3. The van der Waals surface area contributed by atoms with Crippen molar-refractivity contribution in [2.75, 3.05) is 25.1 Å². The molecule has 0 fully saturated rings. The summed E-state index contributed by atoms with van der Waals surface area (Å²) in [6, 6.07) is 18.1. The number of rotatable bonds is 8. The molecule has 0 aliphatic rings. The maximum absolute atomic E-state index is 6.24. The highest BCUT2D eigenvalue weighted by molar-refractivity contribution is 6.30. The van der Waals surface area contributed by atoms with Gasteiger partial charge in [-0.25, -0.2) is 9.97 Å². The Hall–Kier alpha value is -2.89. The van der Waals surface area contributed by atoms with Crippen molar-refractivity contribution < 1.29 is 4.74 Å². The molecule has 0 aliphatic heterocycles. The van der Waals surface area contributed by atoms with Gasteiger partial charge in [-0.15, -0.1) is 0 Å². The van der Waals surface area contributed by atoms with Crippen molar-refractivity contribution >= 4 is 28.5 Å². The van der Waals surface area contributed by atoms with E-state index in [0.29, 0.717) is 5.02 Å². The molecule has 0 amide bonds. The molecule has 5 nitrogen and oxygen atoms in total. The second-order valence-corrected chi connectivity index (χ2v) is 7.09. The predicted molar refractivity (Wildman–Crippen MR) is 119 cm³/mol. The lowest BCUT2D eigenvalue weighted by Crippen LogP contribution is -2.07. The van der Waals surface area contributed by atoms with Crippen LogP contribution in [0.4, 0.5) is 5.82 Å². The van der Waals surface area contributed by atoms with E-state index in [1.165, 1.54) is 0 Å². The number of ether oxygens (including phenoxy) is 1. The quantitative estimate of drug-likeness (QED) is 0.388. The van der Waals surface area contributed by atoms with Crippen molar-refractivity contribution in [2.45, 2.75) is 13.3 Å². The standard InChI is InChI=1S/C23H23ClN4O/c1-2-29-13-7-12-25-22-21-20(17-8-4-3-5-9-17)15-28(23(21)27-16-26-22)19-11-6-10-18(24)14-19/h3-6,8-11,14-16H,2,7,12-13H2,1H3,(H,25,26,27). The van der Waals surface area contributed by atoms with Crippen LogP contribution in [-0.4, -0.2) is 34.3 Å². The maximum Gasteiger partial charge on any atom is 0.150 e. The predicted octanol–water partition coefficient (Wildman–Crippen LogP) is 5.58. The zero-order chi connectivity index (χ0) is 20.1. The molecule has 0 aliphatic carbocycles. The van der Waals surface area contributed by atoms with Crippen molar-refractivity contribution in [2.24, 2.45) is 0 Å². The number of nitrogens with zero attached hydrogens (tertiary/aromatic N) is 3. The largest absolute Gasteiger partial charge is 0.382 e. The minimum atomic E-state index is 0.689. The molecule has 29 heavy (non-hydrogen) atoms. The minimum absolute atomic E-state index is 0.689. The number of hydrogen-bond donors (Lipinski definition) is 1. The van der Waals surface area contributed by atoms with Crippen molar-refractivity contribution in [3.05, 3.63) is 72.1 Å². The molecular formula is C23H23ClN4O. The average molecular weight is 407 g/mol. The van der Waals surface area contributed by atoms with Gasteiger partial charge in [0.05, 0.1) is 5.39 Å². The summed E-state index contributed by atoms with van der Waals surface area (Å²) in [5, 5.41) is 5.15. The van der Waals surface area contributed by atoms with Crippen LogP contribution in [0.15, 0.2) is 67.1 Å². The van der Waals surface area contributed by atoms with E-state index < -0.39 is 0 Å². The first kappa shape index (κ1) is 19.4. The fraction of sp³-hybridized carbons (Fsp3) is 0.217. The van der Waals surface area contributed by atoms with Gasteiger partial charge >= 0.3 is 0 Å². The summed E-state index contributed by atoms with van der Waals surface area (Å²) in [5.41, 5.74) is 4.00. The SMILES string of the molecule is CCOCCCNc1ncnc2c1c(-c1ccccc1)cn2-c1cccc(Cl)c1. The highest BCUT2D eigenvalue weighted by Gasteiger charge is 2.17. The van der Waals surface area contributed by atoms with Crippen LogP contribution in [0.3, 0.4) is 0 Å². The summed E-state index contributed by atoms with van der Waals surface area (Å²) in [4.78, 5) is 9.13. The molecule has 0 spiro atoms. The lowest BCUT2D eigenvalue weighted by Gasteiger charge is -2.09. The molecule has 148 valence electrons. The number of nitrogens with one attached hydrogen (secondary N) is 1. The molecule has 4 aromatic rings. The van der Waals surface area contributed by atoms with E-state index >= 15 is 0 Å². The summed E-state index contributed by atoms with van der Waals surface area (Å²) in [5.74, 6) is 0.825. The Morgan fingerprint density at radius 2 is 1.93 bits per heavy atom. The molecule has 2 heterocycles. The highest BCUT2D eigenvalue weighted by Crippen LogP contribution is 2.35. The highest BCUT2D eigenvalue weighted by atomic mass is 35.5. The molecule has 0 saturated carbocycles. The summed E-state index contributed by atoms with van der Waals surface area (Å²) in [6.07, 6.45) is 4.61. The molecule has 0 unspecified atom stereocenters. The molecule has 6 heteroatoms. The molecule has 2 aromatic carbocycles. The Kier molecular flexibility index (Phi) is 6.08. The molecule has 0 atom stereocenters. The molecule has 4 rings (SSSR count). The van der Waals surface area contributed by atoms with Gasteiger partial charge in [-0.05, 0) is 37.1 Å². The third kappa shape index (κ3) is 4.26. The van der Waals surface area contributed by atoms with Gasteiger partial charge in [-0.1, -0.05) is 48.0 Å². The lowest BCUT2D eigenvalue weighted by atomic mass is 10.1. The van der Waals surface area contributed by atoms with Crippen LogP contribution in [0, 0.1) is 0 Å². The van der Waals surface area contributed by atoms with Crippen LogP contribution in [0.1, 0.15) is 13.3 Å². The Morgan fingerprint density at radius 3 is 2.72 bits per heavy atom. The van der Waals surface area contributed by atoms with Gasteiger partial charge in [0.15, 0.2) is 5.65 Å². The van der Waals surface area contributed by atoms with E-state index in [1.807, 2.05) is 49.4 Å². The Morgan fingerprint density at radius 1 is 1.07 bits per heavy atom. The second kappa shape index (κ2) is 9.07. The van der Waals surface area contributed by atoms with Crippen LogP contribution in [0.5, 0.6) is 0 Å². The van der Waals surface area contributed by atoms with E-state index in [4.69, 9.17) is 16.3 Å². The fourth-order valence-corrected chi connectivity index (χ4v) is 3.57. The van der Waals surface area contributed by atoms with E-state index in [9.17, 15) is 0 Å². The molecule has 2 aromatic heterocycles. The van der Waals surface area contributed by atoms with Gasteiger partial charge in [0, 0.05) is 42.2 Å². The van der Waals surface area contributed by atoms with Gasteiger partial charge in [0.1, 0.15) is 12.1 Å². The van der Waals surface area contributed by atoms with Gasteiger partial charge in [0.25, 0.3) is 0 Å². The van der Waals surface area contributed by atoms with Crippen molar-refractivity contribution in [1.82, 2.24) is 14.5 Å². The lowest BCUT2D eigenvalue weighted by molar-refractivity contribution is 0.147. The van der Waals surface area contributed by atoms with Crippen LogP contribution < -0.4 is 5.32 Å². The first-order chi connectivity index (χ1) is 14.3. The van der Waals surface area contributed by atoms with E-state index in [0.717, 1.165) is 59.8 Å². The van der Waals surface area contributed by atoms with Crippen molar-refractivity contribution in [1.29, 1.82) is 0 Å². The topological polar surface area (TPSA) is 52.0 Å². The van der Waals surface area contributed by atoms with Crippen LogP contribution in [0.25, 0.3) is 27.8 Å². The van der Waals surface area contributed by atoms with Crippen LogP contribution >= 0.6 is 11.6 Å². The summed E-state index contributed by atoms with van der Waals surface area (Å²) >= 11 is 6.24. The first-order valence-corrected chi connectivity index (χ1v) is 10.1. The van der Waals surface area contributed by atoms with E-state index in [1.54, 1.807) is 6.33 Å². The second-order valence-electron chi connectivity index (χ2n) is 6.66. The normalized spacial score (nSPS) is 11.1. The molecule has 0 saturated heterocycles. The third-order valence-electron chi connectivity index (χ3n) is 4.72. The van der Waals surface area contributed by atoms with E-state index in [-0.39, 0.29) is 0 Å². The van der Waals surface area contributed by atoms with Gasteiger partial charge in [-0.2, -0.15) is 0 Å². The Bertz CT molecular complexity index is 1090. The number of benzene rings is 2. The first-order valence-electron chi connectivity index (χ1n) is 9.77. The number of fused-ring (bicyclic) bond motifs is 1. The molecule has 0 bridgehead atoms. The summed E-state index contributed by atoms with van der Waals surface area (Å²) in [7, 11) is 0. The zero-order valence-corrected chi connectivity index (χ0v) is 17.1. The molecular weight excluding hydrogens is 384 g/mol. The number of hydrogen-bond acceptors (Lipinski definition) is 4. The van der Waals surface area contributed by atoms with Crippen molar-refractivity contribution in [3.8, 4) is 16.8 Å². The van der Waals surface area contributed by atoms with Crippen molar-refractivity contribution in [3.63, 3.8) is 0 Å². The average Bonchev–Trinajstić information content (AvgIpc) is 3.15. The number of halogens is 1. The molecule has 1 N–H and O–H groups in total. The van der Waals surface area contributed by atoms with Gasteiger partial charge in [0.2, 0.25) is 0 Å². The number of aromatic nitrogens is 3. The minimum Gasteiger partial charge on any atom is -0.382 e. The molecule has 0 radical (unpaired) electrons. The van der Waals surface area contributed by atoms with Crippen LogP contribution in [-0.2, 0) is 4.74 Å². The van der Waals surface area contributed by atoms with Crippen LogP contribution in [0.2, 0.25) is 5.02 Å².